The van der Waals surface area contributed by atoms with Gasteiger partial charge in [-0.15, -0.1) is 0 Å². The normalized spacial score (nSPS) is 13.6. The van der Waals surface area contributed by atoms with Crippen LogP contribution in [0.15, 0.2) is 42.0 Å². The number of carbonyl (C=O) groups is 1. The summed E-state index contributed by atoms with van der Waals surface area (Å²) < 4.78 is 11.3. The Morgan fingerprint density at radius 1 is 1.00 bits per heavy atom. The van der Waals surface area contributed by atoms with Gasteiger partial charge in [-0.05, 0) is 60.8 Å². The molecule has 31 heavy (non-hydrogen) atoms. The van der Waals surface area contributed by atoms with E-state index in [1.165, 1.54) is 17.2 Å². The zero-order valence-corrected chi connectivity index (χ0v) is 21.3. The van der Waals surface area contributed by atoms with Crippen LogP contribution in [0.5, 0.6) is 5.75 Å². The van der Waals surface area contributed by atoms with Crippen LogP contribution in [0.3, 0.4) is 0 Å². The number of rotatable bonds is 8. The number of hydrogen-bond donors (Lipinski definition) is 0. The lowest BCUT2D eigenvalue weighted by molar-refractivity contribution is -0.137. The maximum atomic E-state index is 11.6. The summed E-state index contributed by atoms with van der Waals surface area (Å²) in [6, 6.07) is 4.57. The fourth-order valence-corrected chi connectivity index (χ4v) is 3.12. The second-order valence-electron chi connectivity index (χ2n) is 10.1. The van der Waals surface area contributed by atoms with E-state index < -0.39 is 0 Å². The molecule has 0 heterocycles. The molecule has 0 saturated heterocycles. The molecule has 0 fully saturated rings. The second-order valence-corrected chi connectivity index (χ2v) is 10.1. The predicted molar refractivity (Wildman–Crippen MR) is 133 cm³/mol. The molecule has 0 aliphatic rings. The van der Waals surface area contributed by atoms with Crippen molar-refractivity contribution < 1.29 is 14.3 Å². The van der Waals surface area contributed by atoms with Crippen LogP contribution in [0.4, 0.5) is 0 Å². The Hall–Kier alpha value is -2.29. The summed E-state index contributed by atoms with van der Waals surface area (Å²) >= 11 is 0. The quantitative estimate of drug-likeness (QED) is 0.245. The van der Waals surface area contributed by atoms with E-state index in [1.807, 2.05) is 19.1 Å². The maximum absolute atomic E-state index is 11.6. The molecule has 0 N–H and O–H groups in total. The van der Waals surface area contributed by atoms with Crippen molar-refractivity contribution in [3.8, 4) is 5.75 Å². The molecular weight excluding hydrogens is 384 g/mol. The molecule has 1 aromatic rings. The minimum Gasteiger partial charge on any atom is -0.493 e. The van der Waals surface area contributed by atoms with Crippen LogP contribution in [0.2, 0.25) is 0 Å². The second kappa shape index (κ2) is 11.4. The number of esters is 1. The van der Waals surface area contributed by atoms with Gasteiger partial charge in [0.2, 0.25) is 0 Å². The predicted octanol–water partition coefficient (Wildman–Crippen LogP) is 7.54. The highest BCUT2D eigenvalue weighted by atomic mass is 16.5. The summed E-state index contributed by atoms with van der Waals surface area (Å²) in [5.41, 5.74) is 5.64. The average Bonchev–Trinajstić information content (AvgIpc) is 2.64. The van der Waals surface area contributed by atoms with Gasteiger partial charge in [0.05, 0.1) is 13.2 Å². The van der Waals surface area contributed by atoms with Crippen LogP contribution < -0.4 is 4.74 Å². The first-order valence-corrected chi connectivity index (χ1v) is 11.3. The van der Waals surface area contributed by atoms with Crippen LogP contribution in [0.1, 0.15) is 92.3 Å². The fraction of sp³-hybridized carbons (Fsp3) is 0.536. The van der Waals surface area contributed by atoms with E-state index >= 15 is 0 Å². The van der Waals surface area contributed by atoms with E-state index in [1.54, 1.807) is 6.92 Å². The summed E-state index contributed by atoms with van der Waals surface area (Å²) in [7, 11) is 0. The first-order chi connectivity index (χ1) is 14.3. The molecular formula is C28H42O3. The lowest BCUT2D eigenvalue weighted by Gasteiger charge is -2.29. The highest BCUT2D eigenvalue weighted by molar-refractivity contribution is 5.83. The van der Waals surface area contributed by atoms with E-state index in [0.717, 1.165) is 28.9 Å². The van der Waals surface area contributed by atoms with Crippen LogP contribution >= 0.6 is 0 Å². The molecule has 0 bridgehead atoms. The topological polar surface area (TPSA) is 35.5 Å². The molecule has 0 unspecified atom stereocenters. The lowest BCUT2D eigenvalue weighted by Crippen LogP contribution is -2.19. The summed E-state index contributed by atoms with van der Waals surface area (Å²) in [4.78, 5) is 11.6. The van der Waals surface area contributed by atoms with Gasteiger partial charge in [-0.3, -0.25) is 0 Å². The molecule has 1 aromatic carbocycles. The molecule has 3 heteroatoms. The monoisotopic (exact) mass is 426 g/mol. The molecule has 3 nitrogen and oxygen atoms in total. The van der Waals surface area contributed by atoms with E-state index in [9.17, 15) is 4.79 Å². The van der Waals surface area contributed by atoms with E-state index in [0.29, 0.717) is 13.2 Å². The number of hydrogen-bond acceptors (Lipinski definition) is 3. The van der Waals surface area contributed by atoms with Crippen molar-refractivity contribution in [1.29, 1.82) is 0 Å². The summed E-state index contributed by atoms with van der Waals surface area (Å²) in [5.74, 6) is 0.664. The van der Waals surface area contributed by atoms with Crippen LogP contribution in [-0.4, -0.2) is 19.2 Å². The molecule has 0 radical (unpaired) electrons. The Labute approximate surface area is 190 Å². The highest BCUT2D eigenvalue weighted by Crippen LogP contribution is 2.41. The van der Waals surface area contributed by atoms with Gasteiger partial charge in [-0.2, -0.15) is 0 Å². The Bertz CT molecular complexity index is 840. The van der Waals surface area contributed by atoms with Gasteiger partial charge >= 0.3 is 5.97 Å². The number of carbonyl (C=O) groups excluding carboxylic acids is 1. The Balaban J connectivity index is 3.50. The van der Waals surface area contributed by atoms with E-state index in [-0.39, 0.29) is 16.8 Å². The SMILES string of the molecule is CCCOc1c(\C(C)=C/C=C/C(C)=C/C(=O)OCC)cc(C(C)(C)C)cc1C(C)(C)C. The van der Waals surface area contributed by atoms with Crippen molar-refractivity contribution in [2.24, 2.45) is 0 Å². The largest absolute Gasteiger partial charge is 0.493 e. The molecule has 0 aliphatic carbocycles. The first kappa shape index (κ1) is 26.7. The van der Waals surface area contributed by atoms with E-state index in [2.05, 4.69) is 73.6 Å². The third-order valence-electron chi connectivity index (χ3n) is 4.98. The third-order valence-corrected chi connectivity index (χ3v) is 4.98. The Kier molecular flexibility index (Phi) is 9.80. The summed E-state index contributed by atoms with van der Waals surface area (Å²) in [6.45, 7) is 22.4. The van der Waals surface area contributed by atoms with Gasteiger partial charge in [0.1, 0.15) is 5.75 Å². The van der Waals surface area contributed by atoms with Gasteiger partial charge in [-0.25, -0.2) is 4.79 Å². The standard InChI is InChI=1S/C28H42O3/c1-11-16-31-26-23(18-22(27(5,6)7)19-24(26)28(8,9)10)21(4)15-13-14-20(3)17-25(29)30-12-2/h13-15,17-19H,11-12,16H2,1-10H3/b14-13+,20-17+,21-15-. The van der Waals surface area contributed by atoms with Crippen molar-refractivity contribution in [1.82, 2.24) is 0 Å². The van der Waals surface area contributed by atoms with Crippen molar-refractivity contribution >= 4 is 11.5 Å². The first-order valence-electron chi connectivity index (χ1n) is 11.3. The van der Waals surface area contributed by atoms with Crippen molar-refractivity contribution in [3.63, 3.8) is 0 Å². The summed E-state index contributed by atoms with van der Waals surface area (Å²) in [5, 5.41) is 0. The maximum Gasteiger partial charge on any atom is 0.330 e. The van der Waals surface area contributed by atoms with E-state index in [4.69, 9.17) is 9.47 Å². The van der Waals surface area contributed by atoms with Gasteiger partial charge in [0.15, 0.2) is 0 Å². The fourth-order valence-electron chi connectivity index (χ4n) is 3.12. The smallest absolute Gasteiger partial charge is 0.330 e. The number of ether oxygens (including phenoxy) is 2. The van der Waals surface area contributed by atoms with Crippen LogP contribution in [-0.2, 0) is 20.4 Å². The minimum absolute atomic E-state index is 0.0336. The van der Waals surface area contributed by atoms with Gasteiger partial charge in [-0.1, -0.05) is 72.8 Å². The molecule has 0 saturated carbocycles. The highest BCUT2D eigenvalue weighted by Gasteiger charge is 2.26. The third kappa shape index (κ3) is 8.40. The number of allylic oxidation sites excluding steroid dienone is 5. The summed E-state index contributed by atoms with van der Waals surface area (Å²) in [6.07, 6.45) is 8.45. The van der Waals surface area contributed by atoms with Crippen molar-refractivity contribution in [3.05, 3.63) is 58.7 Å². The lowest BCUT2D eigenvalue weighted by atomic mass is 9.78. The van der Waals surface area contributed by atoms with Gasteiger partial charge < -0.3 is 9.47 Å². The molecule has 1 rings (SSSR count). The van der Waals surface area contributed by atoms with Crippen LogP contribution in [0.25, 0.3) is 5.57 Å². The molecule has 0 amide bonds. The average molecular weight is 427 g/mol. The van der Waals surface area contributed by atoms with Gasteiger partial charge in [0, 0.05) is 17.2 Å². The number of benzene rings is 1. The Morgan fingerprint density at radius 2 is 1.65 bits per heavy atom. The zero-order valence-electron chi connectivity index (χ0n) is 21.3. The van der Waals surface area contributed by atoms with Gasteiger partial charge in [0.25, 0.3) is 0 Å². The van der Waals surface area contributed by atoms with Crippen molar-refractivity contribution in [2.45, 2.75) is 86.5 Å². The molecule has 0 spiro atoms. The Morgan fingerprint density at radius 3 is 2.16 bits per heavy atom. The molecule has 0 atom stereocenters. The molecule has 172 valence electrons. The van der Waals surface area contributed by atoms with Crippen molar-refractivity contribution in [2.75, 3.05) is 13.2 Å². The molecule has 0 aliphatic heterocycles. The molecule has 0 aromatic heterocycles. The zero-order chi connectivity index (χ0) is 23.8. The van der Waals surface area contributed by atoms with Crippen LogP contribution in [0, 0.1) is 0 Å². The minimum atomic E-state index is -0.312.